The van der Waals surface area contributed by atoms with Crippen molar-refractivity contribution in [1.29, 1.82) is 0 Å². The van der Waals surface area contributed by atoms with Crippen LogP contribution in [0.1, 0.15) is 258 Å². The van der Waals surface area contributed by atoms with Gasteiger partial charge in [-0.2, -0.15) is 0 Å². The molecular formula is C46H88O2. The number of allylic oxidation sites excluding steroid dienone is 4. The molecule has 0 aromatic heterocycles. The molecule has 0 radical (unpaired) electrons. The number of carbonyl (C=O) groups is 1. The first-order valence-corrected chi connectivity index (χ1v) is 22.3. The Hall–Kier alpha value is -1.05. The van der Waals surface area contributed by atoms with Gasteiger partial charge in [-0.15, -0.1) is 0 Å². The van der Waals surface area contributed by atoms with Crippen molar-refractivity contribution >= 4 is 5.97 Å². The maximum atomic E-state index is 12.0. The van der Waals surface area contributed by atoms with Crippen LogP contribution in [-0.4, -0.2) is 12.6 Å². The Labute approximate surface area is 303 Å². The number of carbonyl (C=O) groups excluding carboxylic acids is 1. The first-order valence-electron chi connectivity index (χ1n) is 22.3. The summed E-state index contributed by atoms with van der Waals surface area (Å²) in [6.45, 7) is 5.20. The number of hydrogen-bond acceptors (Lipinski definition) is 2. The van der Waals surface area contributed by atoms with E-state index < -0.39 is 0 Å². The Morgan fingerprint density at radius 3 is 0.896 bits per heavy atom. The first-order chi connectivity index (χ1) is 23.8. The van der Waals surface area contributed by atoms with Gasteiger partial charge in [0.1, 0.15) is 0 Å². The predicted molar refractivity (Wildman–Crippen MR) is 216 cm³/mol. The van der Waals surface area contributed by atoms with Crippen molar-refractivity contribution in [1.82, 2.24) is 0 Å². The molecule has 0 fully saturated rings. The Kier molecular flexibility index (Phi) is 43.0. The van der Waals surface area contributed by atoms with Gasteiger partial charge in [-0.05, 0) is 64.2 Å². The molecule has 0 aromatic carbocycles. The molecule has 2 nitrogen and oxygen atoms in total. The van der Waals surface area contributed by atoms with Crippen molar-refractivity contribution in [3.63, 3.8) is 0 Å². The van der Waals surface area contributed by atoms with Gasteiger partial charge in [0, 0.05) is 6.42 Å². The number of ether oxygens (including phenoxy) is 1. The van der Waals surface area contributed by atoms with Crippen LogP contribution in [0.25, 0.3) is 0 Å². The molecule has 0 aliphatic rings. The summed E-state index contributed by atoms with van der Waals surface area (Å²) >= 11 is 0. The van der Waals surface area contributed by atoms with Crippen molar-refractivity contribution in [2.75, 3.05) is 6.61 Å². The molecule has 0 spiro atoms. The Bertz CT molecular complexity index is 596. The van der Waals surface area contributed by atoms with Gasteiger partial charge in [-0.25, -0.2) is 0 Å². The Morgan fingerprint density at radius 2 is 0.583 bits per heavy atom. The van der Waals surface area contributed by atoms with E-state index in [0.29, 0.717) is 13.0 Å². The van der Waals surface area contributed by atoms with Gasteiger partial charge in [0.05, 0.1) is 6.61 Å². The molecule has 0 N–H and O–H groups in total. The monoisotopic (exact) mass is 673 g/mol. The molecular weight excluding hydrogens is 585 g/mol. The molecule has 284 valence electrons. The van der Waals surface area contributed by atoms with Gasteiger partial charge in [0.2, 0.25) is 0 Å². The standard InChI is InChI=1S/C46H88O2/c1-3-5-7-9-11-13-15-17-19-21-23-25-26-28-30-32-34-36-38-40-42-44-46(47)48-45-43-41-39-37-35-33-31-29-27-24-22-20-18-16-14-12-10-8-6-4-2/h17-20H,3-16,21-45H2,1-2H3/b19-17-,20-18-. The third-order valence-corrected chi connectivity index (χ3v) is 10.1. The lowest BCUT2D eigenvalue weighted by Gasteiger charge is -2.06. The average molecular weight is 673 g/mol. The summed E-state index contributed by atoms with van der Waals surface area (Å²) in [5.41, 5.74) is 0. The number of esters is 1. The number of unbranched alkanes of at least 4 members (excludes halogenated alkanes) is 33. The molecule has 0 aliphatic carbocycles. The van der Waals surface area contributed by atoms with E-state index in [4.69, 9.17) is 4.74 Å². The van der Waals surface area contributed by atoms with Crippen LogP contribution in [-0.2, 0) is 9.53 Å². The molecule has 0 aromatic rings. The molecule has 0 heterocycles. The summed E-state index contributed by atoms with van der Waals surface area (Å²) < 4.78 is 5.48. The summed E-state index contributed by atoms with van der Waals surface area (Å²) in [6, 6.07) is 0. The summed E-state index contributed by atoms with van der Waals surface area (Å²) in [4.78, 5) is 12.0. The summed E-state index contributed by atoms with van der Waals surface area (Å²) in [7, 11) is 0. The molecule has 0 rings (SSSR count). The van der Waals surface area contributed by atoms with Crippen molar-refractivity contribution in [2.24, 2.45) is 0 Å². The summed E-state index contributed by atoms with van der Waals surface area (Å²) in [5.74, 6) is 0.0246. The maximum Gasteiger partial charge on any atom is 0.305 e. The fourth-order valence-corrected chi connectivity index (χ4v) is 6.72. The van der Waals surface area contributed by atoms with E-state index in [1.54, 1.807) is 0 Å². The minimum Gasteiger partial charge on any atom is -0.466 e. The van der Waals surface area contributed by atoms with Gasteiger partial charge in [-0.3, -0.25) is 4.79 Å². The van der Waals surface area contributed by atoms with Gasteiger partial charge in [-0.1, -0.05) is 212 Å². The predicted octanol–water partition coefficient (Wildman–Crippen LogP) is 16.5. The summed E-state index contributed by atoms with van der Waals surface area (Å²) in [5, 5.41) is 0. The lowest BCUT2D eigenvalue weighted by Crippen LogP contribution is -2.05. The molecule has 0 saturated carbocycles. The second-order valence-corrected chi connectivity index (χ2v) is 15.0. The van der Waals surface area contributed by atoms with Crippen molar-refractivity contribution < 1.29 is 9.53 Å². The molecule has 2 heteroatoms. The fraction of sp³-hybridized carbons (Fsp3) is 0.891. The Balaban J connectivity index is 3.20. The van der Waals surface area contributed by atoms with Crippen LogP contribution in [0.5, 0.6) is 0 Å². The molecule has 0 bridgehead atoms. The maximum absolute atomic E-state index is 12.0. The van der Waals surface area contributed by atoms with Crippen molar-refractivity contribution in [3.8, 4) is 0 Å². The van der Waals surface area contributed by atoms with Crippen LogP contribution >= 0.6 is 0 Å². The minimum atomic E-state index is 0.0246. The minimum absolute atomic E-state index is 0.0246. The van der Waals surface area contributed by atoms with E-state index in [-0.39, 0.29) is 5.97 Å². The highest BCUT2D eigenvalue weighted by molar-refractivity contribution is 5.69. The normalized spacial score (nSPS) is 11.8. The molecule has 0 unspecified atom stereocenters. The van der Waals surface area contributed by atoms with Crippen LogP contribution in [0.15, 0.2) is 24.3 Å². The highest BCUT2D eigenvalue weighted by Crippen LogP contribution is 2.15. The van der Waals surface area contributed by atoms with Gasteiger partial charge in [0.15, 0.2) is 0 Å². The molecule has 0 amide bonds. The van der Waals surface area contributed by atoms with Gasteiger partial charge >= 0.3 is 5.97 Å². The zero-order valence-corrected chi connectivity index (χ0v) is 33.2. The molecule has 0 atom stereocenters. The zero-order chi connectivity index (χ0) is 34.7. The second-order valence-electron chi connectivity index (χ2n) is 15.0. The smallest absolute Gasteiger partial charge is 0.305 e. The third kappa shape index (κ3) is 43.0. The lowest BCUT2D eigenvalue weighted by atomic mass is 10.0. The van der Waals surface area contributed by atoms with E-state index in [1.807, 2.05) is 0 Å². The first kappa shape index (κ1) is 47.0. The van der Waals surface area contributed by atoms with Crippen LogP contribution in [0.4, 0.5) is 0 Å². The number of hydrogen-bond donors (Lipinski definition) is 0. The highest BCUT2D eigenvalue weighted by atomic mass is 16.5. The third-order valence-electron chi connectivity index (χ3n) is 10.1. The van der Waals surface area contributed by atoms with E-state index in [0.717, 1.165) is 12.8 Å². The van der Waals surface area contributed by atoms with Gasteiger partial charge in [0.25, 0.3) is 0 Å². The average Bonchev–Trinajstić information content (AvgIpc) is 3.09. The fourth-order valence-electron chi connectivity index (χ4n) is 6.72. The largest absolute Gasteiger partial charge is 0.466 e. The van der Waals surface area contributed by atoms with Crippen molar-refractivity contribution in [3.05, 3.63) is 24.3 Å². The molecule has 48 heavy (non-hydrogen) atoms. The van der Waals surface area contributed by atoms with Crippen LogP contribution in [0, 0.1) is 0 Å². The highest BCUT2D eigenvalue weighted by Gasteiger charge is 2.03. The van der Waals surface area contributed by atoms with Gasteiger partial charge < -0.3 is 4.74 Å². The van der Waals surface area contributed by atoms with E-state index in [2.05, 4.69) is 38.2 Å². The van der Waals surface area contributed by atoms with Crippen LogP contribution in [0.3, 0.4) is 0 Å². The van der Waals surface area contributed by atoms with Crippen LogP contribution < -0.4 is 0 Å². The second kappa shape index (κ2) is 44.0. The van der Waals surface area contributed by atoms with E-state index in [1.165, 1.54) is 225 Å². The SMILES string of the molecule is CCCCCCCC/C=C\CCCCCCCCCCCCCC(=O)OCCCCCCCCCCCC/C=C\CCCCCCCC. The number of rotatable bonds is 41. The lowest BCUT2D eigenvalue weighted by molar-refractivity contribution is -0.143. The Morgan fingerprint density at radius 1 is 0.333 bits per heavy atom. The topological polar surface area (TPSA) is 26.3 Å². The van der Waals surface area contributed by atoms with Crippen molar-refractivity contribution in [2.45, 2.75) is 258 Å². The quantitative estimate of drug-likeness (QED) is 0.0367. The molecule has 0 saturated heterocycles. The van der Waals surface area contributed by atoms with E-state index in [9.17, 15) is 4.79 Å². The summed E-state index contributed by atoms with van der Waals surface area (Å²) in [6.07, 6.45) is 59.9. The van der Waals surface area contributed by atoms with E-state index >= 15 is 0 Å². The zero-order valence-electron chi connectivity index (χ0n) is 33.2. The molecule has 0 aliphatic heterocycles. The van der Waals surface area contributed by atoms with Crippen LogP contribution in [0.2, 0.25) is 0 Å².